The number of rotatable bonds is 4. The van der Waals surface area contributed by atoms with Gasteiger partial charge in [-0.1, -0.05) is 170 Å². The van der Waals surface area contributed by atoms with Gasteiger partial charge in [-0.05, 0) is 66.9 Å². The summed E-state index contributed by atoms with van der Waals surface area (Å²) in [6.07, 6.45) is 0.750. The molecule has 0 unspecified atom stereocenters. The van der Waals surface area contributed by atoms with Crippen molar-refractivity contribution in [2.24, 2.45) is 0 Å². The normalized spacial score (nSPS) is 11.9. The van der Waals surface area contributed by atoms with Crippen LogP contribution in [0.3, 0.4) is 0 Å². The van der Waals surface area contributed by atoms with Crippen molar-refractivity contribution in [3.63, 3.8) is 0 Å². The fourth-order valence-corrected chi connectivity index (χ4v) is 6.98. The summed E-state index contributed by atoms with van der Waals surface area (Å²) in [5.74, 6) is 1.11. The van der Waals surface area contributed by atoms with Gasteiger partial charge in [-0.15, -0.1) is 69.1 Å². The maximum Gasteiger partial charge on any atom is 2.00 e. The molecule has 0 heterocycles. The largest absolute Gasteiger partial charge is 2.00 e. The second-order valence-electron chi connectivity index (χ2n) is 20.5. The summed E-state index contributed by atoms with van der Waals surface area (Å²) >= 11 is 0. The zero-order valence-corrected chi connectivity index (χ0v) is 42.7. The molecule has 0 aliphatic carbocycles. The van der Waals surface area contributed by atoms with Crippen LogP contribution in [0.15, 0.2) is 97.1 Å². The minimum Gasteiger partial charge on any atom is -1.00 e. The molecule has 0 nitrogen and oxygen atoms in total. The first kappa shape index (κ1) is 53.6. The minimum atomic E-state index is 0. The summed E-state index contributed by atoms with van der Waals surface area (Å²) in [7, 11) is 0. The average molecular weight is 895 g/mol. The molecule has 0 saturated carbocycles. The van der Waals surface area contributed by atoms with Gasteiger partial charge in [-0.25, -0.2) is 0 Å². The fraction of sp³-hybridized carbons (Fsp3) is 0.418. The van der Waals surface area contributed by atoms with Gasteiger partial charge in [0.2, 0.25) is 0 Å². The van der Waals surface area contributed by atoms with Crippen LogP contribution in [0.1, 0.15) is 162 Å². The third-order valence-corrected chi connectivity index (χ3v) is 10.8. The second kappa shape index (κ2) is 20.9. The smallest absolute Gasteiger partial charge is 1.00 e. The van der Waals surface area contributed by atoms with Crippen LogP contribution in [0.4, 0.5) is 0 Å². The number of halogens is 2. The molecule has 6 aromatic carbocycles. The molecule has 58 heavy (non-hydrogen) atoms. The number of fused-ring (bicyclic) bond motifs is 2. The van der Waals surface area contributed by atoms with E-state index >= 15 is 0 Å². The first-order valence-corrected chi connectivity index (χ1v) is 20.6. The predicted molar refractivity (Wildman–Crippen MR) is 248 cm³/mol. The molecular weight excluding hydrogens is 823 g/mol. The van der Waals surface area contributed by atoms with Crippen molar-refractivity contribution < 1.29 is 51.0 Å². The van der Waals surface area contributed by atoms with E-state index in [1.165, 1.54) is 77.2 Å². The molecular formula is C55H72Cl2Zr-4. The molecule has 0 aliphatic rings. The quantitative estimate of drug-likeness (QED) is 0.155. The first-order chi connectivity index (χ1) is 25.3. The molecule has 0 spiro atoms. The van der Waals surface area contributed by atoms with Crippen molar-refractivity contribution in [1.82, 2.24) is 0 Å². The molecule has 0 aliphatic heterocycles. The standard InChI is InChI=1S/2C26H33.C3H6.2ClH.Zr/c2*1-17(2)19-12-18-10-9-11-23(24(18)15-19)20-13-21(25(3,4)5)16-22(14-20)26(6,7)8;1-3-2;;;/h2*9-17H,1-8H3;1-3H2;2*1H;/q2*-1;-2;;;+2/p-2. The minimum absolute atomic E-state index is 0. The third kappa shape index (κ3) is 13.3. The van der Waals surface area contributed by atoms with E-state index in [0.29, 0.717) is 11.8 Å². The van der Waals surface area contributed by atoms with Crippen molar-refractivity contribution in [2.45, 2.75) is 151 Å². The van der Waals surface area contributed by atoms with Crippen LogP contribution < -0.4 is 24.8 Å². The van der Waals surface area contributed by atoms with E-state index < -0.39 is 0 Å². The molecule has 0 radical (unpaired) electrons. The molecule has 0 amide bonds. The topological polar surface area (TPSA) is 0 Å². The maximum atomic E-state index is 3.38. The molecule has 0 bridgehead atoms. The van der Waals surface area contributed by atoms with Crippen LogP contribution >= 0.6 is 0 Å². The predicted octanol–water partition coefficient (Wildman–Crippen LogP) is 10.9. The van der Waals surface area contributed by atoms with E-state index in [9.17, 15) is 0 Å². The molecule has 0 atom stereocenters. The van der Waals surface area contributed by atoms with Crippen LogP contribution in [0, 0.1) is 13.8 Å². The Morgan fingerprint density at radius 2 is 0.707 bits per heavy atom. The van der Waals surface area contributed by atoms with E-state index in [1.54, 1.807) is 0 Å². The van der Waals surface area contributed by atoms with Crippen LogP contribution in [0.2, 0.25) is 0 Å². The van der Waals surface area contributed by atoms with Crippen molar-refractivity contribution in [3.8, 4) is 22.3 Å². The summed E-state index contributed by atoms with van der Waals surface area (Å²) < 4.78 is 0. The van der Waals surface area contributed by atoms with Gasteiger partial charge >= 0.3 is 26.2 Å². The molecule has 314 valence electrons. The van der Waals surface area contributed by atoms with E-state index in [4.69, 9.17) is 0 Å². The van der Waals surface area contributed by atoms with Gasteiger partial charge in [0.05, 0.1) is 0 Å². The van der Waals surface area contributed by atoms with E-state index in [2.05, 4.69) is 222 Å². The first-order valence-electron chi connectivity index (χ1n) is 20.6. The van der Waals surface area contributed by atoms with E-state index in [1.807, 2.05) is 0 Å². The Bertz CT molecular complexity index is 1970. The monoisotopic (exact) mass is 892 g/mol. The zero-order valence-electron chi connectivity index (χ0n) is 38.8. The number of hydrogen-bond donors (Lipinski definition) is 0. The van der Waals surface area contributed by atoms with Crippen LogP contribution in [0.25, 0.3) is 43.8 Å². The summed E-state index contributed by atoms with van der Waals surface area (Å²) in [5, 5.41) is 5.46. The van der Waals surface area contributed by atoms with Crippen LogP contribution in [-0.4, -0.2) is 0 Å². The second-order valence-corrected chi connectivity index (χ2v) is 20.5. The Kier molecular flexibility index (Phi) is 19.3. The van der Waals surface area contributed by atoms with Gasteiger partial charge in [-0.2, -0.15) is 12.1 Å². The summed E-state index contributed by atoms with van der Waals surface area (Å²) in [4.78, 5) is 0. The van der Waals surface area contributed by atoms with Crippen molar-refractivity contribution in [2.75, 3.05) is 0 Å². The van der Waals surface area contributed by atoms with Crippen LogP contribution in [-0.2, 0) is 47.9 Å². The Morgan fingerprint density at radius 3 is 0.931 bits per heavy atom. The molecule has 0 fully saturated rings. The van der Waals surface area contributed by atoms with E-state index in [-0.39, 0.29) is 72.7 Å². The maximum absolute atomic E-state index is 3.38. The van der Waals surface area contributed by atoms with Crippen LogP contribution in [0.5, 0.6) is 0 Å². The Labute approximate surface area is 387 Å². The molecule has 6 rings (SSSR count). The van der Waals surface area contributed by atoms with Gasteiger partial charge in [-0.3, -0.25) is 0 Å². The Morgan fingerprint density at radius 1 is 0.448 bits per heavy atom. The van der Waals surface area contributed by atoms with Crippen molar-refractivity contribution >= 4 is 21.5 Å². The molecule has 3 heteroatoms. The average Bonchev–Trinajstić information content (AvgIpc) is 3.72. The van der Waals surface area contributed by atoms with Gasteiger partial charge in [0.15, 0.2) is 0 Å². The summed E-state index contributed by atoms with van der Waals surface area (Å²) in [6.45, 7) is 43.5. The Hall–Kier alpha value is -2.44. The third-order valence-electron chi connectivity index (χ3n) is 10.8. The van der Waals surface area contributed by atoms with Gasteiger partial charge in [0, 0.05) is 0 Å². The molecule has 0 saturated heterocycles. The van der Waals surface area contributed by atoms with E-state index in [0.717, 1.165) is 6.42 Å². The zero-order chi connectivity index (χ0) is 41.3. The van der Waals surface area contributed by atoms with Crippen molar-refractivity contribution in [1.29, 1.82) is 0 Å². The molecule has 0 N–H and O–H groups in total. The van der Waals surface area contributed by atoms with Gasteiger partial charge in [0.1, 0.15) is 0 Å². The SMILES string of the molecule is CC(C)c1cc2c(-c3cc(C(C)(C)C)cc(C(C)(C)C)c3)cccc2[cH-]1.CC(C)c1cc2c(-c3cc(C(C)(C)C)cc(C(C)(C)C)c3)cccc2[cH-]1.[CH2-]C[CH2-].[Cl-].[Cl-].[Zr+2]. The van der Waals surface area contributed by atoms with Gasteiger partial charge < -0.3 is 45.1 Å². The molecule has 0 aromatic heterocycles. The Balaban J connectivity index is 0.000000518. The van der Waals surface area contributed by atoms with Gasteiger partial charge in [0.25, 0.3) is 0 Å². The van der Waals surface area contributed by atoms with Crippen molar-refractivity contribution in [3.05, 3.63) is 144 Å². The molecule has 6 aromatic rings. The number of benzene rings is 4. The number of hydrogen-bond acceptors (Lipinski definition) is 0. The fourth-order valence-electron chi connectivity index (χ4n) is 6.98. The summed E-state index contributed by atoms with van der Waals surface area (Å²) in [6, 6.07) is 37.3. The summed E-state index contributed by atoms with van der Waals surface area (Å²) in [5.41, 5.74) is 14.4.